The van der Waals surface area contributed by atoms with E-state index in [9.17, 15) is 4.79 Å². The Morgan fingerprint density at radius 1 is 0.741 bits per heavy atom. The first kappa shape index (κ1) is 26.2. The maximum absolute atomic E-state index is 11.8. The molecule has 0 aromatic rings. The molecule has 4 nitrogen and oxygen atoms in total. The molecule has 0 rings (SSSR count). The third-order valence-electron chi connectivity index (χ3n) is 4.75. The first-order chi connectivity index (χ1) is 12.9. The molecule has 162 valence electrons. The summed E-state index contributed by atoms with van der Waals surface area (Å²) in [4.78, 5) is 14.3. The first-order valence-electron chi connectivity index (χ1n) is 11.6. The van der Waals surface area contributed by atoms with Gasteiger partial charge in [0.25, 0.3) is 0 Å². The van der Waals surface area contributed by atoms with Crippen LogP contribution < -0.4 is 5.32 Å². The van der Waals surface area contributed by atoms with Crippen molar-refractivity contribution in [3.63, 3.8) is 0 Å². The van der Waals surface area contributed by atoms with Crippen LogP contribution in [0.1, 0.15) is 112 Å². The number of alkyl carbamates (subject to hydrolysis) is 1. The van der Waals surface area contributed by atoms with Gasteiger partial charge in [-0.3, -0.25) is 0 Å². The van der Waals surface area contributed by atoms with Crippen molar-refractivity contribution >= 4 is 6.09 Å². The maximum Gasteiger partial charge on any atom is 0.407 e. The maximum atomic E-state index is 11.8. The quantitative estimate of drug-likeness (QED) is 0.290. The van der Waals surface area contributed by atoms with Crippen LogP contribution in [0, 0.1) is 0 Å². The van der Waals surface area contributed by atoms with Gasteiger partial charge in [-0.2, -0.15) is 0 Å². The fourth-order valence-corrected chi connectivity index (χ4v) is 3.20. The van der Waals surface area contributed by atoms with E-state index >= 15 is 0 Å². The number of hydrogen-bond acceptors (Lipinski definition) is 3. The molecular weight excluding hydrogens is 336 g/mol. The van der Waals surface area contributed by atoms with E-state index in [1.165, 1.54) is 77.0 Å². The molecule has 0 unspecified atom stereocenters. The van der Waals surface area contributed by atoms with Gasteiger partial charge in [0.2, 0.25) is 0 Å². The summed E-state index contributed by atoms with van der Waals surface area (Å²) in [5.74, 6) is 0. The van der Waals surface area contributed by atoms with Crippen LogP contribution in [0.2, 0.25) is 0 Å². The lowest BCUT2D eigenvalue weighted by atomic mass is 10.1. The molecule has 27 heavy (non-hydrogen) atoms. The van der Waals surface area contributed by atoms with Gasteiger partial charge in [-0.1, -0.05) is 78.1 Å². The van der Waals surface area contributed by atoms with E-state index in [1.807, 2.05) is 20.8 Å². The summed E-state index contributed by atoms with van der Waals surface area (Å²) in [6.07, 6.45) is 15.7. The average Bonchev–Trinajstić information content (AvgIpc) is 2.58. The molecule has 0 aromatic heterocycles. The third kappa shape index (κ3) is 19.8. The summed E-state index contributed by atoms with van der Waals surface area (Å²) in [5.41, 5.74) is -0.430. The molecule has 1 N–H and O–H groups in total. The Balaban J connectivity index is 4.04. The zero-order chi connectivity index (χ0) is 20.4. The van der Waals surface area contributed by atoms with Gasteiger partial charge in [-0.05, 0) is 46.7 Å². The third-order valence-corrected chi connectivity index (χ3v) is 4.75. The second-order valence-corrected chi connectivity index (χ2v) is 8.81. The molecule has 0 fully saturated rings. The lowest BCUT2D eigenvalue weighted by Crippen LogP contribution is -2.38. The van der Waals surface area contributed by atoms with E-state index in [-0.39, 0.29) is 6.09 Å². The van der Waals surface area contributed by atoms with Crippen molar-refractivity contribution in [3.05, 3.63) is 0 Å². The van der Waals surface area contributed by atoms with Gasteiger partial charge >= 0.3 is 6.09 Å². The van der Waals surface area contributed by atoms with E-state index in [4.69, 9.17) is 4.74 Å². The predicted molar refractivity (Wildman–Crippen MR) is 117 cm³/mol. The van der Waals surface area contributed by atoms with Gasteiger partial charge < -0.3 is 15.0 Å². The summed E-state index contributed by atoms with van der Waals surface area (Å²) in [6.45, 7) is 14.1. The summed E-state index contributed by atoms with van der Waals surface area (Å²) >= 11 is 0. The van der Waals surface area contributed by atoms with Crippen molar-refractivity contribution in [2.75, 3.05) is 26.2 Å². The van der Waals surface area contributed by atoms with Crippen molar-refractivity contribution < 1.29 is 9.53 Å². The number of hydrogen-bond donors (Lipinski definition) is 1. The van der Waals surface area contributed by atoms with E-state index in [1.54, 1.807) is 0 Å². The van der Waals surface area contributed by atoms with Crippen molar-refractivity contribution in [2.24, 2.45) is 0 Å². The molecule has 0 aliphatic heterocycles. The standard InChI is InChI=1S/C23H48N2O2/c1-6-8-10-12-14-16-19-25(20-17-15-13-11-9-7-2)21-18-24-22(26)27-23(3,4)5/h6-21H2,1-5H3,(H,24,26). The Labute approximate surface area is 169 Å². The highest BCUT2D eigenvalue weighted by Gasteiger charge is 2.15. The molecular formula is C23H48N2O2. The molecule has 0 saturated carbocycles. The van der Waals surface area contributed by atoms with Crippen LogP contribution in [0.4, 0.5) is 4.79 Å². The minimum absolute atomic E-state index is 0.304. The van der Waals surface area contributed by atoms with Crippen molar-refractivity contribution in [3.8, 4) is 0 Å². The van der Waals surface area contributed by atoms with E-state index < -0.39 is 5.60 Å². The van der Waals surface area contributed by atoms with Crippen LogP contribution in [-0.2, 0) is 4.74 Å². The number of nitrogens with zero attached hydrogens (tertiary/aromatic N) is 1. The number of carbonyl (C=O) groups is 1. The van der Waals surface area contributed by atoms with Crippen LogP contribution in [0.25, 0.3) is 0 Å². The van der Waals surface area contributed by atoms with Crippen LogP contribution in [0.15, 0.2) is 0 Å². The minimum atomic E-state index is -0.430. The Morgan fingerprint density at radius 3 is 1.63 bits per heavy atom. The lowest BCUT2D eigenvalue weighted by molar-refractivity contribution is 0.0522. The number of rotatable bonds is 17. The van der Waals surface area contributed by atoms with Gasteiger partial charge in [0, 0.05) is 13.1 Å². The molecule has 0 atom stereocenters. The summed E-state index contributed by atoms with van der Waals surface area (Å²) in [6, 6.07) is 0. The molecule has 0 heterocycles. The molecule has 0 aliphatic carbocycles. The van der Waals surface area contributed by atoms with Crippen molar-refractivity contribution in [1.29, 1.82) is 0 Å². The second-order valence-electron chi connectivity index (χ2n) is 8.81. The van der Waals surface area contributed by atoms with E-state index in [0.29, 0.717) is 6.54 Å². The highest BCUT2D eigenvalue weighted by molar-refractivity contribution is 5.67. The monoisotopic (exact) mass is 384 g/mol. The normalized spacial score (nSPS) is 11.8. The number of amides is 1. The number of ether oxygens (including phenoxy) is 1. The fraction of sp³-hybridized carbons (Fsp3) is 0.957. The van der Waals surface area contributed by atoms with Gasteiger partial charge in [-0.15, -0.1) is 0 Å². The molecule has 0 radical (unpaired) electrons. The zero-order valence-electron chi connectivity index (χ0n) is 19.1. The van der Waals surface area contributed by atoms with Crippen LogP contribution in [0.5, 0.6) is 0 Å². The predicted octanol–water partition coefficient (Wildman–Crippen LogP) is 6.53. The summed E-state index contributed by atoms with van der Waals surface area (Å²) in [5, 5.41) is 2.90. The molecule has 0 aliphatic rings. The highest BCUT2D eigenvalue weighted by Crippen LogP contribution is 2.09. The van der Waals surface area contributed by atoms with Crippen molar-refractivity contribution in [1.82, 2.24) is 10.2 Å². The number of unbranched alkanes of at least 4 members (excludes halogenated alkanes) is 10. The second kappa shape index (κ2) is 17.3. The molecule has 0 spiro atoms. The van der Waals surface area contributed by atoms with Crippen LogP contribution in [0.3, 0.4) is 0 Å². The summed E-state index contributed by atoms with van der Waals surface area (Å²) in [7, 11) is 0. The molecule has 0 saturated heterocycles. The summed E-state index contributed by atoms with van der Waals surface area (Å²) < 4.78 is 5.32. The largest absolute Gasteiger partial charge is 0.444 e. The molecule has 0 aromatic carbocycles. The fourth-order valence-electron chi connectivity index (χ4n) is 3.20. The van der Waals surface area contributed by atoms with Gasteiger partial charge in [0.1, 0.15) is 5.60 Å². The lowest BCUT2D eigenvalue weighted by Gasteiger charge is -2.24. The van der Waals surface area contributed by atoms with Gasteiger partial charge in [0.15, 0.2) is 0 Å². The SMILES string of the molecule is CCCCCCCCN(CCCCCCCC)CCNC(=O)OC(C)(C)C. The van der Waals surface area contributed by atoms with E-state index in [2.05, 4.69) is 24.1 Å². The Kier molecular flexibility index (Phi) is 16.8. The van der Waals surface area contributed by atoms with Gasteiger partial charge in [0.05, 0.1) is 0 Å². The number of carbonyl (C=O) groups excluding carboxylic acids is 1. The van der Waals surface area contributed by atoms with Gasteiger partial charge in [-0.25, -0.2) is 4.79 Å². The minimum Gasteiger partial charge on any atom is -0.444 e. The molecule has 4 heteroatoms. The Morgan fingerprint density at radius 2 is 1.19 bits per heavy atom. The topological polar surface area (TPSA) is 41.6 Å². The number of nitrogens with one attached hydrogen (secondary N) is 1. The van der Waals surface area contributed by atoms with Crippen LogP contribution in [-0.4, -0.2) is 42.8 Å². The van der Waals surface area contributed by atoms with Crippen LogP contribution >= 0.6 is 0 Å². The van der Waals surface area contributed by atoms with E-state index in [0.717, 1.165) is 19.6 Å². The first-order valence-corrected chi connectivity index (χ1v) is 11.6. The zero-order valence-corrected chi connectivity index (χ0v) is 19.1. The Bertz CT molecular complexity index is 324. The Hall–Kier alpha value is -0.770. The molecule has 0 bridgehead atoms. The van der Waals surface area contributed by atoms with Crippen molar-refractivity contribution in [2.45, 2.75) is 117 Å². The highest BCUT2D eigenvalue weighted by atomic mass is 16.6. The average molecular weight is 385 g/mol. The smallest absolute Gasteiger partial charge is 0.407 e. The molecule has 1 amide bonds.